The lowest BCUT2D eigenvalue weighted by atomic mass is 10.2. The highest BCUT2D eigenvalue weighted by Crippen LogP contribution is 2.23. The van der Waals surface area contributed by atoms with Crippen LogP contribution in [0.1, 0.15) is 6.92 Å². The Bertz CT molecular complexity index is 636. The lowest BCUT2D eigenvalue weighted by Gasteiger charge is -2.16. The highest BCUT2D eigenvalue weighted by atomic mass is 16.6. The standard InChI is InChI=1S/C15H16N4O2/c1-3-18(2)14-8-4-12(5-9-14)16-17-13-6-10-15(11-7-13)19(20)21/h4-11H,3H2,1-2H3. The van der Waals surface area contributed by atoms with Gasteiger partial charge in [0.1, 0.15) is 0 Å². The van der Waals surface area contributed by atoms with Gasteiger partial charge >= 0.3 is 0 Å². The van der Waals surface area contributed by atoms with Crippen molar-refractivity contribution in [3.63, 3.8) is 0 Å². The smallest absolute Gasteiger partial charge is 0.269 e. The summed E-state index contributed by atoms with van der Waals surface area (Å²) in [5.41, 5.74) is 2.48. The average Bonchev–Trinajstić information content (AvgIpc) is 2.53. The fourth-order valence-electron chi connectivity index (χ4n) is 1.71. The summed E-state index contributed by atoms with van der Waals surface area (Å²) in [6.07, 6.45) is 0. The lowest BCUT2D eigenvalue weighted by molar-refractivity contribution is -0.384. The van der Waals surface area contributed by atoms with Gasteiger partial charge in [-0.2, -0.15) is 10.2 Å². The monoisotopic (exact) mass is 284 g/mol. The molecule has 0 unspecified atom stereocenters. The van der Waals surface area contributed by atoms with E-state index in [2.05, 4.69) is 22.1 Å². The molecule has 0 bridgehead atoms. The molecule has 0 N–H and O–H groups in total. The third-order valence-corrected chi connectivity index (χ3v) is 3.11. The Morgan fingerprint density at radius 3 is 1.90 bits per heavy atom. The fraction of sp³-hybridized carbons (Fsp3) is 0.200. The molecule has 108 valence electrons. The number of anilines is 1. The SMILES string of the molecule is CCN(C)c1ccc(N=Nc2ccc([N+](=O)[O-])cc2)cc1. The number of nitro groups is 1. The zero-order chi connectivity index (χ0) is 15.2. The van der Waals surface area contributed by atoms with Gasteiger partial charge in [-0.3, -0.25) is 10.1 Å². The maximum Gasteiger partial charge on any atom is 0.269 e. The quantitative estimate of drug-likeness (QED) is 0.462. The number of non-ortho nitro benzene ring substituents is 1. The number of rotatable bonds is 5. The minimum absolute atomic E-state index is 0.0425. The Labute approximate surface area is 122 Å². The first-order chi connectivity index (χ1) is 10.1. The predicted octanol–water partition coefficient (Wildman–Crippen LogP) is 4.47. The summed E-state index contributed by atoms with van der Waals surface area (Å²) in [5, 5.41) is 18.7. The van der Waals surface area contributed by atoms with Crippen LogP contribution >= 0.6 is 0 Å². The molecular weight excluding hydrogens is 268 g/mol. The predicted molar refractivity (Wildman–Crippen MR) is 82.7 cm³/mol. The second-order valence-electron chi connectivity index (χ2n) is 4.50. The van der Waals surface area contributed by atoms with Crippen molar-refractivity contribution in [2.75, 3.05) is 18.5 Å². The molecule has 2 aromatic carbocycles. The summed E-state index contributed by atoms with van der Waals surface area (Å²) < 4.78 is 0. The Hall–Kier alpha value is -2.76. The van der Waals surface area contributed by atoms with E-state index in [1.807, 2.05) is 31.3 Å². The van der Waals surface area contributed by atoms with E-state index in [9.17, 15) is 10.1 Å². The van der Waals surface area contributed by atoms with Crippen LogP contribution in [0.5, 0.6) is 0 Å². The maximum absolute atomic E-state index is 10.6. The molecular formula is C15H16N4O2. The molecule has 6 nitrogen and oxygen atoms in total. The number of nitrogens with zero attached hydrogens (tertiary/aromatic N) is 4. The highest BCUT2D eigenvalue weighted by molar-refractivity contribution is 5.52. The summed E-state index contributed by atoms with van der Waals surface area (Å²) >= 11 is 0. The minimum atomic E-state index is -0.441. The van der Waals surface area contributed by atoms with Crippen molar-refractivity contribution in [2.24, 2.45) is 10.2 Å². The first-order valence-electron chi connectivity index (χ1n) is 6.57. The lowest BCUT2D eigenvalue weighted by Crippen LogP contribution is -2.15. The molecule has 0 aliphatic heterocycles. The molecule has 0 aromatic heterocycles. The molecule has 0 fully saturated rings. The minimum Gasteiger partial charge on any atom is -0.375 e. The van der Waals surface area contributed by atoms with Crippen molar-refractivity contribution in [3.8, 4) is 0 Å². The molecule has 2 aromatic rings. The van der Waals surface area contributed by atoms with E-state index in [-0.39, 0.29) is 5.69 Å². The van der Waals surface area contributed by atoms with Crippen molar-refractivity contribution in [1.29, 1.82) is 0 Å². The molecule has 0 atom stereocenters. The van der Waals surface area contributed by atoms with Crippen molar-refractivity contribution in [2.45, 2.75) is 6.92 Å². The van der Waals surface area contributed by atoms with Gasteiger partial charge in [-0.1, -0.05) is 0 Å². The van der Waals surface area contributed by atoms with Gasteiger partial charge in [-0.25, -0.2) is 0 Å². The Morgan fingerprint density at radius 2 is 1.48 bits per heavy atom. The Kier molecular flexibility index (Phi) is 4.61. The third-order valence-electron chi connectivity index (χ3n) is 3.11. The van der Waals surface area contributed by atoms with E-state index < -0.39 is 4.92 Å². The van der Waals surface area contributed by atoms with Crippen LogP contribution in [0.4, 0.5) is 22.7 Å². The van der Waals surface area contributed by atoms with Crippen LogP contribution in [-0.2, 0) is 0 Å². The Morgan fingerprint density at radius 1 is 1.00 bits per heavy atom. The number of hydrogen-bond donors (Lipinski definition) is 0. The molecule has 0 heterocycles. The number of nitro benzene ring substituents is 1. The van der Waals surface area contributed by atoms with Crippen LogP contribution in [0.25, 0.3) is 0 Å². The maximum atomic E-state index is 10.6. The summed E-state index contributed by atoms with van der Waals surface area (Å²) in [4.78, 5) is 12.2. The van der Waals surface area contributed by atoms with E-state index in [0.717, 1.165) is 17.9 Å². The molecule has 0 aliphatic rings. The molecule has 0 amide bonds. The van der Waals surface area contributed by atoms with E-state index >= 15 is 0 Å². The van der Waals surface area contributed by atoms with E-state index in [4.69, 9.17) is 0 Å². The number of azo groups is 1. The zero-order valence-electron chi connectivity index (χ0n) is 11.9. The van der Waals surface area contributed by atoms with Crippen LogP contribution in [-0.4, -0.2) is 18.5 Å². The second kappa shape index (κ2) is 6.60. The van der Waals surface area contributed by atoms with Gasteiger partial charge in [-0.05, 0) is 43.3 Å². The van der Waals surface area contributed by atoms with Crippen LogP contribution in [0.2, 0.25) is 0 Å². The molecule has 0 radical (unpaired) electrons. The molecule has 6 heteroatoms. The van der Waals surface area contributed by atoms with E-state index in [1.165, 1.54) is 12.1 Å². The first-order valence-corrected chi connectivity index (χ1v) is 6.57. The van der Waals surface area contributed by atoms with Crippen molar-refractivity contribution in [3.05, 3.63) is 58.6 Å². The summed E-state index contributed by atoms with van der Waals surface area (Å²) in [5.74, 6) is 0. The molecule has 0 spiro atoms. The van der Waals surface area contributed by atoms with Gasteiger partial charge in [0.05, 0.1) is 16.3 Å². The van der Waals surface area contributed by atoms with Crippen LogP contribution in [0.3, 0.4) is 0 Å². The largest absolute Gasteiger partial charge is 0.375 e. The molecule has 2 rings (SSSR count). The second-order valence-corrected chi connectivity index (χ2v) is 4.50. The van der Waals surface area contributed by atoms with E-state index in [0.29, 0.717) is 5.69 Å². The number of benzene rings is 2. The van der Waals surface area contributed by atoms with Gasteiger partial charge in [0.25, 0.3) is 5.69 Å². The zero-order valence-corrected chi connectivity index (χ0v) is 11.9. The van der Waals surface area contributed by atoms with Gasteiger partial charge in [0, 0.05) is 31.4 Å². The van der Waals surface area contributed by atoms with Crippen molar-refractivity contribution < 1.29 is 4.92 Å². The molecule has 0 saturated heterocycles. The topological polar surface area (TPSA) is 71.1 Å². The van der Waals surface area contributed by atoms with Crippen LogP contribution in [0.15, 0.2) is 58.8 Å². The van der Waals surface area contributed by atoms with Crippen molar-refractivity contribution >= 4 is 22.7 Å². The molecule has 21 heavy (non-hydrogen) atoms. The third kappa shape index (κ3) is 3.85. The van der Waals surface area contributed by atoms with Crippen LogP contribution in [0, 0.1) is 10.1 Å². The van der Waals surface area contributed by atoms with Gasteiger partial charge < -0.3 is 4.90 Å². The summed E-state index contributed by atoms with van der Waals surface area (Å²) in [6, 6.07) is 13.7. The molecule has 0 aliphatic carbocycles. The Balaban J connectivity index is 2.08. The number of hydrogen-bond acceptors (Lipinski definition) is 5. The van der Waals surface area contributed by atoms with Gasteiger partial charge in [0.15, 0.2) is 0 Å². The summed E-state index contributed by atoms with van der Waals surface area (Å²) in [6.45, 7) is 3.02. The molecule has 0 saturated carbocycles. The average molecular weight is 284 g/mol. The van der Waals surface area contributed by atoms with Crippen molar-refractivity contribution in [1.82, 2.24) is 0 Å². The van der Waals surface area contributed by atoms with Gasteiger partial charge in [0.2, 0.25) is 0 Å². The normalized spacial score (nSPS) is 10.8. The van der Waals surface area contributed by atoms with Gasteiger partial charge in [-0.15, -0.1) is 0 Å². The highest BCUT2D eigenvalue weighted by Gasteiger charge is 2.03. The van der Waals surface area contributed by atoms with Crippen LogP contribution < -0.4 is 4.90 Å². The van der Waals surface area contributed by atoms with E-state index in [1.54, 1.807) is 12.1 Å². The fourth-order valence-corrected chi connectivity index (χ4v) is 1.71. The summed E-state index contributed by atoms with van der Waals surface area (Å²) in [7, 11) is 2.02. The first kappa shape index (κ1) is 14.6.